The van der Waals surface area contributed by atoms with Gasteiger partial charge in [0.1, 0.15) is 0 Å². The van der Waals surface area contributed by atoms with Gasteiger partial charge in [-0.2, -0.15) is 0 Å². The Bertz CT molecular complexity index is 796. The van der Waals surface area contributed by atoms with Crippen molar-refractivity contribution in [2.24, 2.45) is 0 Å². The number of anilines is 1. The van der Waals surface area contributed by atoms with Crippen molar-refractivity contribution in [3.63, 3.8) is 0 Å². The molecule has 1 saturated heterocycles. The molecule has 0 spiro atoms. The van der Waals surface area contributed by atoms with Crippen LogP contribution in [0.2, 0.25) is 0 Å². The highest BCUT2D eigenvalue weighted by Crippen LogP contribution is 2.14. The first-order valence-corrected chi connectivity index (χ1v) is 9.48. The van der Waals surface area contributed by atoms with Gasteiger partial charge in [0.25, 0.3) is 5.91 Å². The second-order valence-electron chi connectivity index (χ2n) is 6.79. The number of para-hydroxylation sites is 1. The van der Waals surface area contributed by atoms with Gasteiger partial charge in [0, 0.05) is 51.8 Å². The molecule has 0 unspecified atom stereocenters. The van der Waals surface area contributed by atoms with E-state index in [1.165, 1.54) is 6.26 Å². The van der Waals surface area contributed by atoms with Crippen LogP contribution in [0.3, 0.4) is 0 Å². The van der Waals surface area contributed by atoms with E-state index in [0.29, 0.717) is 51.2 Å². The van der Waals surface area contributed by atoms with Crippen LogP contribution in [-0.4, -0.2) is 60.7 Å². The van der Waals surface area contributed by atoms with E-state index in [4.69, 9.17) is 4.42 Å². The molecular formula is C21H25N3O4. The van der Waals surface area contributed by atoms with E-state index in [2.05, 4.69) is 0 Å². The van der Waals surface area contributed by atoms with E-state index in [-0.39, 0.29) is 17.7 Å². The van der Waals surface area contributed by atoms with Crippen molar-refractivity contribution in [2.75, 3.05) is 38.1 Å². The fourth-order valence-electron chi connectivity index (χ4n) is 3.23. The first kappa shape index (κ1) is 19.7. The van der Waals surface area contributed by atoms with E-state index in [9.17, 15) is 14.4 Å². The lowest BCUT2D eigenvalue weighted by atomic mass is 10.2. The zero-order valence-electron chi connectivity index (χ0n) is 16.0. The maximum atomic E-state index is 12.4. The molecule has 3 rings (SSSR count). The van der Waals surface area contributed by atoms with E-state index in [1.807, 2.05) is 30.3 Å². The molecule has 0 atom stereocenters. The molecule has 148 valence electrons. The number of rotatable bonds is 6. The molecular weight excluding hydrogens is 358 g/mol. The maximum Gasteiger partial charge on any atom is 0.289 e. The van der Waals surface area contributed by atoms with Gasteiger partial charge in [0.05, 0.1) is 6.26 Å². The minimum absolute atomic E-state index is 0.00661. The Balaban J connectivity index is 1.39. The molecule has 1 aliphatic heterocycles. The molecule has 28 heavy (non-hydrogen) atoms. The zero-order chi connectivity index (χ0) is 19.9. The topological polar surface area (TPSA) is 74.1 Å². The third-order valence-electron chi connectivity index (χ3n) is 4.95. The van der Waals surface area contributed by atoms with Crippen molar-refractivity contribution in [1.82, 2.24) is 9.80 Å². The molecule has 2 heterocycles. The average Bonchev–Trinajstić information content (AvgIpc) is 3.28. The first-order chi connectivity index (χ1) is 13.6. The van der Waals surface area contributed by atoms with Crippen LogP contribution in [0.25, 0.3) is 0 Å². The lowest BCUT2D eigenvalue weighted by Gasteiger charge is -2.34. The Morgan fingerprint density at radius 3 is 2.25 bits per heavy atom. The quantitative estimate of drug-likeness (QED) is 0.768. The van der Waals surface area contributed by atoms with Gasteiger partial charge >= 0.3 is 0 Å². The van der Waals surface area contributed by atoms with E-state index < -0.39 is 0 Å². The van der Waals surface area contributed by atoms with E-state index in [1.54, 1.807) is 33.9 Å². The Labute approximate surface area is 164 Å². The zero-order valence-corrected chi connectivity index (χ0v) is 16.0. The summed E-state index contributed by atoms with van der Waals surface area (Å²) in [4.78, 5) is 42.0. The van der Waals surface area contributed by atoms with Crippen LogP contribution in [0.4, 0.5) is 5.69 Å². The Hall–Kier alpha value is -3.09. The average molecular weight is 383 g/mol. The number of hydrogen-bond donors (Lipinski definition) is 0. The lowest BCUT2D eigenvalue weighted by molar-refractivity contribution is -0.132. The number of furan rings is 1. The Morgan fingerprint density at radius 1 is 0.929 bits per heavy atom. The van der Waals surface area contributed by atoms with Crippen LogP contribution in [0.1, 0.15) is 29.8 Å². The summed E-state index contributed by atoms with van der Waals surface area (Å²) >= 11 is 0. The number of hydrogen-bond acceptors (Lipinski definition) is 4. The molecule has 1 fully saturated rings. The Kier molecular flexibility index (Phi) is 6.47. The highest BCUT2D eigenvalue weighted by atomic mass is 16.3. The van der Waals surface area contributed by atoms with Gasteiger partial charge in [-0.3, -0.25) is 14.4 Å². The van der Waals surface area contributed by atoms with Gasteiger partial charge < -0.3 is 19.1 Å². The van der Waals surface area contributed by atoms with Crippen molar-refractivity contribution in [1.29, 1.82) is 0 Å². The number of nitrogens with zero attached hydrogens (tertiary/aromatic N) is 3. The smallest absolute Gasteiger partial charge is 0.289 e. The second-order valence-corrected chi connectivity index (χ2v) is 6.79. The van der Waals surface area contributed by atoms with Crippen molar-refractivity contribution in [3.05, 3.63) is 54.5 Å². The monoisotopic (exact) mass is 383 g/mol. The molecule has 7 heteroatoms. The van der Waals surface area contributed by atoms with Crippen molar-refractivity contribution >= 4 is 23.4 Å². The predicted molar refractivity (Wildman–Crippen MR) is 105 cm³/mol. The van der Waals surface area contributed by atoms with Crippen LogP contribution in [-0.2, 0) is 9.59 Å². The van der Waals surface area contributed by atoms with E-state index >= 15 is 0 Å². The normalized spacial score (nSPS) is 14.0. The molecule has 1 aromatic heterocycles. The molecule has 0 bridgehead atoms. The molecule has 0 radical (unpaired) electrons. The van der Waals surface area contributed by atoms with Crippen LogP contribution in [0.15, 0.2) is 53.1 Å². The fourth-order valence-corrected chi connectivity index (χ4v) is 3.23. The summed E-state index contributed by atoms with van der Waals surface area (Å²) in [5.41, 5.74) is 0.844. The molecule has 1 aliphatic rings. The molecule has 7 nitrogen and oxygen atoms in total. The standard InChI is InChI=1S/C21H25N3O4/c1-22(17-7-3-2-4-8-17)19(25)10-5-11-20(26)23-12-14-24(15-13-23)21(27)18-9-6-16-28-18/h2-4,6-9,16H,5,10-15H2,1H3. The summed E-state index contributed by atoms with van der Waals surface area (Å²) in [5.74, 6) is 0.195. The first-order valence-electron chi connectivity index (χ1n) is 9.48. The fraction of sp³-hybridized carbons (Fsp3) is 0.381. The maximum absolute atomic E-state index is 12.4. The van der Waals surface area contributed by atoms with E-state index in [0.717, 1.165) is 5.69 Å². The highest BCUT2D eigenvalue weighted by molar-refractivity contribution is 5.93. The summed E-state index contributed by atoms with van der Waals surface area (Å²) < 4.78 is 5.14. The molecule has 1 aromatic carbocycles. The van der Waals surface area contributed by atoms with Gasteiger partial charge in [-0.05, 0) is 30.7 Å². The van der Waals surface area contributed by atoms with Crippen molar-refractivity contribution in [3.8, 4) is 0 Å². The van der Waals surface area contributed by atoms with Crippen molar-refractivity contribution < 1.29 is 18.8 Å². The minimum atomic E-state index is -0.147. The summed E-state index contributed by atoms with van der Waals surface area (Å²) in [6, 6.07) is 12.8. The van der Waals surface area contributed by atoms with Crippen LogP contribution in [0.5, 0.6) is 0 Å². The van der Waals surface area contributed by atoms with Gasteiger partial charge in [0.15, 0.2) is 5.76 Å². The highest BCUT2D eigenvalue weighted by Gasteiger charge is 2.26. The van der Waals surface area contributed by atoms with Crippen LogP contribution < -0.4 is 4.90 Å². The lowest BCUT2D eigenvalue weighted by Crippen LogP contribution is -2.50. The van der Waals surface area contributed by atoms with Gasteiger partial charge in [-0.15, -0.1) is 0 Å². The number of amides is 3. The Morgan fingerprint density at radius 2 is 1.61 bits per heavy atom. The van der Waals surface area contributed by atoms with Crippen molar-refractivity contribution in [2.45, 2.75) is 19.3 Å². The third-order valence-corrected chi connectivity index (χ3v) is 4.95. The molecule has 0 saturated carbocycles. The molecule has 3 amide bonds. The summed E-state index contributed by atoms with van der Waals surface area (Å²) in [5, 5.41) is 0. The third kappa shape index (κ3) is 4.79. The number of benzene rings is 1. The van der Waals surface area contributed by atoms with Gasteiger partial charge in [0.2, 0.25) is 11.8 Å². The van der Waals surface area contributed by atoms with Gasteiger partial charge in [-0.1, -0.05) is 18.2 Å². The summed E-state index contributed by atoms with van der Waals surface area (Å²) in [6.07, 6.45) is 2.65. The SMILES string of the molecule is CN(C(=O)CCCC(=O)N1CCN(C(=O)c2ccco2)CC1)c1ccccc1. The molecule has 0 aliphatic carbocycles. The predicted octanol–water partition coefficient (Wildman–Crippen LogP) is 2.40. The molecule has 2 aromatic rings. The summed E-state index contributed by atoms with van der Waals surface area (Å²) in [6.45, 7) is 1.98. The number of carbonyl (C=O) groups excluding carboxylic acids is 3. The molecule has 0 N–H and O–H groups in total. The van der Waals surface area contributed by atoms with Gasteiger partial charge in [-0.25, -0.2) is 0 Å². The minimum Gasteiger partial charge on any atom is -0.459 e. The van der Waals surface area contributed by atoms with Crippen LogP contribution in [0, 0.1) is 0 Å². The number of piperazine rings is 1. The summed E-state index contributed by atoms with van der Waals surface area (Å²) in [7, 11) is 1.74. The number of carbonyl (C=O) groups is 3. The van der Waals surface area contributed by atoms with Crippen LogP contribution >= 0.6 is 0 Å². The largest absolute Gasteiger partial charge is 0.459 e. The second kappa shape index (κ2) is 9.21.